The molecule has 0 unspecified atom stereocenters. The van der Waals surface area contributed by atoms with E-state index in [2.05, 4.69) is 10.3 Å². The molecule has 28 heavy (non-hydrogen) atoms. The number of hydrogen-bond donors (Lipinski definition) is 2. The molecule has 0 fully saturated rings. The first-order chi connectivity index (χ1) is 13.2. The summed E-state index contributed by atoms with van der Waals surface area (Å²) in [5, 5.41) is 3.76. The number of aromatic nitrogens is 1. The second kappa shape index (κ2) is 7.75. The Labute approximate surface area is 167 Å². The number of carbonyl (C=O) groups excluding carboxylic acids is 1. The average Bonchev–Trinajstić information content (AvgIpc) is 2.64. The third-order valence-corrected chi connectivity index (χ3v) is 6.52. The van der Waals surface area contributed by atoms with E-state index >= 15 is 0 Å². The van der Waals surface area contributed by atoms with E-state index in [0.29, 0.717) is 27.2 Å². The third-order valence-electron chi connectivity index (χ3n) is 4.31. The van der Waals surface area contributed by atoms with Crippen LogP contribution in [0.15, 0.2) is 58.2 Å². The minimum absolute atomic E-state index is 0.0290. The summed E-state index contributed by atoms with van der Waals surface area (Å²) in [5.74, 6) is -0.485. The van der Waals surface area contributed by atoms with E-state index in [1.165, 1.54) is 31.3 Å². The highest BCUT2D eigenvalue weighted by atomic mass is 35.5. The first-order valence-corrected chi connectivity index (χ1v) is 10.1. The molecule has 2 aromatic carbocycles. The number of amides is 1. The maximum absolute atomic E-state index is 12.8. The average molecular weight is 420 g/mol. The van der Waals surface area contributed by atoms with E-state index in [1.807, 2.05) is 0 Å². The van der Waals surface area contributed by atoms with Crippen LogP contribution in [0.1, 0.15) is 5.56 Å². The number of aromatic amines is 1. The number of nitrogens with one attached hydrogen (secondary N) is 2. The van der Waals surface area contributed by atoms with Gasteiger partial charge in [0.15, 0.2) is 0 Å². The number of H-pyrrole nitrogens is 1. The van der Waals surface area contributed by atoms with Gasteiger partial charge in [0, 0.05) is 29.3 Å². The SMILES string of the molecule is Cc1c(Cl)cccc1NC(=O)CN(C)S(=O)(=O)c1ccc2[nH]c(=O)ccc2c1. The van der Waals surface area contributed by atoms with Crippen molar-refractivity contribution in [3.8, 4) is 0 Å². The summed E-state index contributed by atoms with van der Waals surface area (Å²) in [4.78, 5) is 26.3. The summed E-state index contributed by atoms with van der Waals surface area (Å²) >= 11 is 6.03. The lowest BCUT2D eigenvalue weighted by Crippen LogP contribution is -2.35. The Kier molecular flexibility index (Phi) is 5.55. The molecule has 9 heteroatoms. The molecule has 0 saturated carbocycles. The number of rotatable bonds is 5. The van der Waals surface area contributed by atoms with Crippen LogP contribution in [0.2, 0.25) is 5.02 Å². The minimum atomic E-state index is -3.89. The van der Waals surface area contributed by atoms with Gasteiger partial charge < -0.3 is 10.3 Å². The third kappa shape index (κ3) is 4.09. The topological polar surface area (TPSA) is 99.3 Å². The van der Waals surface area contributed by atoms with Crippen molar-refractivity contribution < 1.29 is 13.2 Å². The van der Waals surface area contributed by atoms with Crippen molar-refractivity contribution in [3.05, 3.63) is 69.5 Å². The molecule has 1 aromatic heterocycles. The van der Waals surface area contributed by atoms with Crippen molar-refractivity contribution in [1.82, 2.24) is 9.29 Å². The Morgan fingerprint density at radius 1 is 1.18 bits per heavy atom. The predicted octanol–water partition coefficient (Wildman–Crippen LogP) is 2.75. The smallest absolute Gasteiger partial charge is 0.248 e. The van der Waals surface area contributed by atoms with Crippen LogP contribution in [0.3, 0.4) is 0 Å². The van der Waals surface area contributed by atoms with E-state index in [1.54, 1.807) is 31.2 Å². The van der Waals surface area contributed by atoms with Crippen LogP contribution in [0.4, 0.5) is 5.69 Å². The normalized spacial score (nSPS) is 11.7. The number of sulfonamides is 1. The van der Waals surface area contributed by atoms with Crippen LogP contribution < -0.4 is 10.9 Å². The quantitative estimate of drug-likeness (QED) is 0.664. The summed E-state index contributed by atoms with van der Waals surface area (Å²) in [6.45, 7) is 1.40. The lowest BCUT2D eigenvalue weighted by Gasteiger charge is -2.18. The summed E-state index contributed by atoms with van der Waals surface area (Å²) < 4.78 is 26.6. The van der Waals surface area contributed by atoms with E-state index in [9.17, 15) is 18.0 Å². The summed E-state index contributed by atoms with van der Waals surface area (Å²) in [5.41, 5.74) is 1.49. The maximum Gasteiger partial charge on any atom is 0.248 e. The van der Waals surface area contributed by atoms with Gasteiger partial charge in [0.1, 0.15) is 0 Å². The fourth-order valence-corrected chi connectivity index (χ4v) is 4.03. The standard InChI is InChI=1S/C19H18ClN3O4S/c1-12-15(20)4-3-5-16(12)21-19(25)11-23(2)28(26,27)14-7-8-17-13(10-14)6-9-18(24)22-17/h3-10H,11H2,1-2H3,(H,21,25)(H,22,24). The van der Waals surface area contributed by atoms with Gasteiger partial charge in [0.2, 0.25) is 21.5 Å². The highest BCUT2D eigenvalue weighted by Gasteiger charge is 2.23. The Bertz CT molecular complexity index is 1220. The van der Waals surface area contributed by atoms with Gasteiger partial charge in [-0.3, -0.25) is 9.59 Å². The molecule has 0 radical (unpaired) electrons. The Morgan fingerprint density at radius 2 is 1.93 bits per heavy atom. The minimum Gasteiger partial charge on any atom is -0.325 e. The van der Waals surface area contributed by atoms with E-state index in [-0.39, 0.29) is 17.0 Å². The maximum atomic E-state index is 12.8. The molecule has 7 nitrogen and oxygen atoms in total. The Hall–Kier alpha value is -2.68. The van der Waals surface area contributed by atoms with Crippen molar-refractivity contribution in [3.63, 3.8) is 0 Å². The van der Waals surface area contributed by atoms with E-state index < -0.39 is 15.9 Å². The summed E-state index contributed by atoms with van der Waals surface area (Å²) in [6.07, 6.45) is 0. The number of benzene rings is 2. The molecule has 3 rings (SSSR count). The van der Waals surface area contributed by atoms with Gasteiger partial charge in [-0.15, -0.1) is 0 Å². The molecule has 1 heterocycles. The number of likely N-dealkylation sites (N-methyl/N-ethyl adjacent to an activating group) is 1. The van der Waals surface area contributed by atoms with Crippen LogP contribution in [0.5, 0.6) is 0 Å². The van der Waals surface area contributed by atoms with Crippen molar-refractivity contribution in [2.45, 2.75) is 11.8 Å². The van der Waals surface area contributed by atoms with Crippen molar-refractivity contribution in [2.75, 3.05) is 18.9 Å². The lowest BCUT2D eigenvalue weighted by molar-refractivity contribution is -0.116. The number of anilines is 1. The molecule has 0 atom stereocenters. The zero-order chi connectivity index (χ0) is 20.5. The molecule has 0 spiro atoms. The first kappa shape index (κ1) is 20.1. The molecule has 146 valence electrons. The molecule has 0 saturated heterocycles. The molecular weight excluding hydrogens is 402 g/mol. The van der Waals surface area contributed by atoms with Crippen LogP contribution in [-0.4, -0.2) is 37.2 Å². The van der Waals surface area contributed by atoms with Crippen LogP contribution in [-0.2, 0) is 14.8 Å². The van der Waals surface area contributed by atoms with Crippen molar-refractivity contribution in [1.29, 1.82) is 0 Å². The first-order valence-electron chi connectivity index (χ1n) is 8.33. The monoisotopic (exact) mass is 419 g/mol. The van der Waals surface area contributed by atoms with Gasteiger partial charge in [-0.2, -0.15) is 4.31 Å². The van der Waals surface area contributed by atoms with Gasteiger partial charge in [0.05, 0.1) is 11.4 Å². The fraction of sp³-hybridized carbons (Fsp3) is 0.158. The molecule has 0 aliphatic rings. The predicted molar refractivity (Wildman–Crippen MR) is 109 cm³/mol. The highest BCUT2D eigenvalue weighted by Crippen LogP contribution is 2.23. The molecule has 0 aliphatic heterocycles. The molecule has 2 N–H and O–H groups in total. The lowest BCUT2D eigenvalue weighted by atomic mass is 10.2. The summed E-state index contributed by atoms with van der Waals surface area (Å²) in [7, 11) is -2.56. The van der Waals surface area contributed by atoms with Crippen molar-refractivity contribution in [2.24, 2.45) is 0 Å². The number of pyridine rings is 1. The molecule has 0 aliphatic carbocycles. The second-order valence-corrected chi connectivity index (χ2v) is 8.75. The molecule has 0 bridgehead atoms. The number of nitrogens with zero attached hydrogens (tertiary/aromatic N) is 1. The number of hydrogen-bond acceptors (Lipinski definition) is 4. The highest BCUT2D eigenvalue weighted by molar-refractivity contribution is 7.89. The summed E-state index contributed by atoms with van der Waals surface area (Å²) in [6, 6.07) is 12.3. The van der Waals surface area contributed by atoms with Gasteiger partial charge in [-0.1, -0.05) is 17.7 Å². The molecule has 1 amide bonds. The van der Waals surface area contributed by atoms with E-state index in [0.717, 1.165) is 4.31 Å². The Balaban J connectivity index is 1.79. The Morgan fingerprint density at radius 3 is 2.68 bits per heavy atom. The molecular formula is C19H18ClN3O4S. The van der Waals surface area contributed by atoms with Gasteiger partial charge in [-0.25, -0.2) is 8.42 Å². The number of carbonyl (C=O) groups is 1. The largest absolute Gasteiger partial charge is 0.325 e. The van der Waals surface area contributed by atoms with Crippen LogP contribution in [0.25, 0.3) is 10.9 Å². The molecule has 3 aromatic rings. The van der Waals surface area contributed by atoms with E-state index in [4.69, 9.17) is 11.6 Å². The number of halogens is 1. The number of fused-ring (bicyclic) bond motifs is 1. The van der Waals surface area contributed by atoms with Gasteiger partial charge in [0.25, 0.3) is 0 Å². The van der Waals surface area contributed by atoms with Crippen molar-refractivity contribution >= 4 is 44.1 Å². The van der Waals surface area contributed by atoms with Gasteiger partial charge in [-0.05, 0) is 54.3 Å². The van der Waals surface area contributed by atoms with Crippen LogP contribution in [0, 0.1) is 6.92 Å². The van der Waals surface area contributed by atoms with Crippen LogP contribution >= 0.6 is 11.6 Å². The zero-order valence-electron chi connectivity index (χ0n) is 15.2. The second-order valence-electron chi connectivity index (χ2n) is 6.29. The van der Waals surface area contributed by atoms with Gasteiger partial charge >= 0.3 is 0 Å². The zero-order valence-corrected chi connectivity index (χ0v) is 16.8. The fourth-order valence-electron chi connectivity index (χ4n) is 2.69.